The fourth-order valence-electron chi connectivity index (χ4n) is 2.67. The van der Waals surface area contributed by atoms with Crippen molar-refractivity contribution >= 4 is 15.7 Å². The smallest absolute Gasteiger partial charge is 0.273 e. The van der Waals surface area contributed by atoms with Crippen LogP contribution in [-0.4, -0.2) is 42.4 Å². The topological polar surface area (TPSA) is 89.8 Å². The maximum absolute atomic E-state index is 12.8. The molecule has 0 radical (unpaired) electrons. The van der Waals surface area contributed by atoms with Crippen LogP contribution in [0.1, 0.15) is 26.3 Å². The van der Waals surface area contributed by atoms with Crippen molar-refractivity contribution in [2.24, 2.45) is 0 Å². The van der Waals surface area contributed by atoms with E-state index in [0.29, 0.717) is 5.56 Å². The first-order valence-corrected chi connectivity index (χ1v) is 8.40. The molecule has 2 rings (SSSR count). The van der Waals surface area contributed by atoms with E-state index < -0.39 is 20.5 Å². The molecule has 0 saturated carbocycles. The van der Waals surface area contributed by atoms with Crippen molar-refractivity contribution in [2.75, 3.05) is 13.1 Å². The fourth-order valence-corrected chi connectivity index (χ4v) is 4.36. The molecule has 1 saturated heterocycles. The average Bonchev–Trinajstić information content (AvgIpc) is 2.36. The van der Waals surface area contributed by atoms with Gasteiger partial charge in [-0.1, -0.05) is 6.07 Å². The Kier molecular flexibility index (Phi) is 4.29. The van der Waals surface area contributed by atoms with E-state index in [1.165, 1.54) is 16.4 Å². The standard InChI is InChI=1S/C14H20N2O5S/c1-10-5-6-12(7-13(10)16(17)18)22(19,20)15-8-11(2)21-14(3,4)9-15/h5-7,11H,8-9H2,1-4H3. The van der Waals surface area contributed by atoms with Gasteiger partial charge < -0.3 is 4.74 Å². The van der Waals surface area contributed by atoms with Gasteiger partial charge in [-0.25, -0.2) is 8.42 Å². The van der Waals surface area contributed by atoms with Crippen LogP contribution in [0.5, 0.6) is 0 Å². The lowest BCUT2D eigenvalue weighted by Crippen LogP contribution is -2.53. The van der Waals surface area contributed by atoms with E-state index in [1.54, 1.807) is 13.8 Å². The van der Waals surface area contributed by atoms with E-state index in [9.17, 15) is 18.5 Å². The number of morpholine rings is 1. The number of sulfonamides is 1. The third-order valence-corrected chi connectivity index (χ3v) is 5.36. The lowest BCUT2D eigenvalue weighted by molar-refractivity contribution is -0.385. The van der Waals surface area contributed by atoms with E-state index >= 15 is 0 Å². The molecular formula is C14H20N2O5S. The molecule has 0 N–H and O–H groups in total. The van der Waals surface area contributed by atoms with Crippen molar-refractivity contribution < 1.29 is 18.1 Å². The first-order valence-electron chi connectivity index (χ1n) is 6.96. The molecule has 0 bridgehead atoms. The van der Waals surface area contributed by atoms with Gasteiger partial charge in [0.15, 0.2) is 0 Å². The Hall–Kier alpha value is -1.51. The highest BCUT2D eigenvalue weighted by atomic mass is 32.2. The Labute approximate surface area is 130 Å². The van der Waals surface area contributed by atoms with Gasteiger partial charge in [-0.05, 0) is 33.8 Å². The monoisotopic (exact) mass is 328 g/mol. The SMILES string of the molecule is Cc1ccc(S(=O)(=O)N2CC(C)OC(C)(C)C2)cc1[N+](=O)[O-]. The van der Waals surface area contributed by atoms with Gasteiger partial charge in [0.05, 0.1) is 21.5 Å². The molecule has 22 heavy (non-hydrogen) atoms. The summed E-state index contributed by atoms with van der Waals surface area (Å²) in [5, 5.41) is 11.0. The van der Waals surface area contributed by atoms with Crippen LogP contribution in [0.4, 0.5) is 5.69 Å². The van der Waals surface area contributed by atoms with Gasteiger partial charge in [-0.2, -0.15) is 4.31 Å². The molecule has 1 aromatic rings. The number of benzene rings is 1. The Morgan fingerprint density at radius 1 is 1.41 bits per heavy atom. The number of hydrogen-bond acceptors (Lipinski definition) is 5. The van der Waals surface area contributed by atoms with Gasteiger partial charge in [-0.3, -0.25) is 10.1 Å². The zero-order valence-electron chi connectivity index (χ0n) is 13.1. The lowest BCUT2D eigenvalue weighted by Gasteiger charge is -2.40. The number of hydrogen-bond donors (Lipinski definition) is 0. The second-order valence-electron chi connectivity index (χ2n) is 6.19. The molecule has 1 aliphatic heterocycles. The number of nitrogens with zero attached hydrogens (tertiary/aromatic N) is 2. The normalized spacial score (nSPS) is 22.5. The van der Waals surface area contributed by atoms with Crippen molar-refractivity contribution in [3.05, 3.63) is 33.9 Å². The minimum Gasteiger partial charge on any atom is -0.370 e. The maximum Gasteiger partial charge on any atom is 0.273 e. The second-order valence-corrected chi connectivity index (χ2v) is 8.13. The van der Waals surface area contributed by atoms with Gasteiger partial charge in [-0.15, -0.1) is 0 Å². The summed E-state index contributed by atoms with van der Waals surface area (Å²) < 4.78 is 32.5. The van der Waals surface area contributed by atoms with Crippen LogP contribution >= 0.6 is 0 Å². The van der Waals surface area contributed by atoms with Gasteiger partial charge >= 0.3 is 0 Å². The number of nitro groups is 1. The maximum atomic E-state index is 12.8. The molecule has 1 atom stereocenters. The number of rotatable bonds is 3. The molecule has 0 amide bonds. The summed E-state index contributed by atoms with van der Waals surface area (Å²) in [7, 11) is -3.79. The highest BCUT2D eigenvalue weighted by Gasteiger charge is 2.38. The minimum absolute atomic E-state index is 0.0605. The van der Waals surface area contributed by atoms with Crippen LogP contribution in [0, 0.1) is 17.0 Å². The molecule has 1 fully saturated rings. The third kappa shape index (κ3) is 3.29. The van der Waals surface area contributed by atoms with Crippen LogP contribution in [0.15, 0.2) is 23.1 Å². The van der Waals surface area contributed by atoms with Crippen molar-refractivity contribution in [2.45, 2.75) is 44.3 Å². The predicted molar refractivity (Wildman–Crippen MR) is 81.2 cm³/mol. The molecule has 1 heterocycles. The third-order valence-electron chi connectivity index (χ3n) is 3.55. The molecule has 0 spiro atoms. The van der Waals surface area contributed by atoms with Crippen molar-refractivity contribution in [3.63, 3.8) is 0 Å². The molecule has 1 unspecified atom stereocenters. The summed E-state index contributed by atoms with van der Waals surface area (Å²) in [6.07, 6.45) is -0.237. The molecule has 7 nitrogen and oxygen atoms in total. The second kappa shape index (κ2) is 5.60. The molecule has 1 aliphatic rings. The summed E-state index contributed by atoms with van der Waals surface area (Å²) in [6.45, 7) is 7.47. The number of nitro benzene ring substituents is 1. The summed E-state index contributed by atoms with van der Waals surface area (Å²) in [5.41, 5.74) is -0.359. The Morgan fingerprint density at radius 3 is 2.59 bits per heavy atom. The lowest BCUT2D eigenvalue weighted by atomic mass is 10.1. The molecule has 1 aromatic carbocycles. The Balaban J connectivity index is 2.42. The van der Waals surface area contributed by atoms with E-state index in [2.05, 4.69) is 0 Å². The predicted octanol–water partition coefficient (Wildman–Crippen LogP) is 2.09. The van der Waals surface area contributed by atoms with Crippen molar-refractivity contribution in [1.82, 2.24) is 4.31 Å². The van der Waals surface area contributed by atoms with E-state index in [-0.39, 0.29) is 29.8 Å². The molecule has 0 aromatic heterocycles. The summed E-state index contributed by atoms with van der Waals surface area (Å²) in [5.74, 6) is 0. The van der Waals surface area contributed by atoms with E-state index in [1.807, 2.05) is 13.8 Å². The first kappa shape index (κ1) is 16.9. The van der Waals surface area contributed by atoms with Crippen LogP contribution in [-0.2, 0) is 14.8 Å². The largest absolute Gasteiger partial charge is 0.370 e. The van der Waals surface area contributed by atoms with Gasteiger partial charge in [0, 0.05) is 24.7 Å². The number of ether oxygens (including phenoxy) is 1. The molecule has 8 heteroatoms. The van der Waals surface area contributed by atoms with Crippen molar-refractivity contribution in [1.29, 1.82) is 0 Å². The van der Waals surface area contributed by atoms with E-state index in [0.717, 1.165) is 6.07 Å². The quantitative estimate of drug-likeness (QED) is 0.626. The van der Waals surface area contributed by atoms with Gasteiger partial charge in [0.1, 0.15) is 0 Å². The van der Waals surface area contributed by atoms with Gasteiger partial charge in [0.25, 0.3) is 5.69 Å². The minimum atomic E-state index is -3.79. The van der Waals surface area contributed by atoms with Crippen LogP contribution in [0.2, 0.25) is 0 Å². The van der Waals surface area contributed by atoms with Crippen molar-refractivity contribution in [3.8, 4) is 0 Å². The summed E-state index contributed by atoms with van der Waals surface area (Å²) >= 11 is 0. The van der Waals surface area contributed by atoms with Crippen LogP contribution < -0.4 is 0 Å². The summed E-state index contributed by atoms with van der Waals surface area (Å²) in [4.78, 5) is 10.4. The first-order chi connectivity index (χ1) is 10.0. The number of aryl methyl sites for hydroxylation is 1. The highest BCUT2D eigenvalue weighted by Crippen LogP contribution is 2.29. The zero-order chi connectivity index (χ0) is 16.7. The van der Waals surface area contributed by atoms with Crippen LogP contribution in [0.25, 0.3) is 0 Å². The van der Waals surface area contributed by atoms with E-state index in [4.69, 9.17) is 4.74 Å². The summed E-state index contributed by atoms with van der Waals surface area (Å²) in [6, 6.07) is 3.99. The van der Waals surface area contributed by atoms with Crippen LogP contribution in [0.3, 0.4) is 0 Å². The Morgan fingerprint density at radius 2 is 2.05 bits per heavy atom. The van der Waals surface area contributed by atoms with Gasteiger partial charge in [0.2, 0.25) is 10.0 Å². The fraction of sp³-hybridized carbons (Fsp3) is 0.571. The highest BCUT2D eigenvalue weighted by molar-refractivity contribution is 7.89. The average molecular weight is 328 g/mol. The molecule has 0 aliphatic carbocycles. The molecular weight excluding hydrogens is 308 g/mol. The molecule has 122 valence electrons. The zero-order valence-corrected chi connectivity index (χ0v) is 13.9. The Bertz CT molecular complexity index is 699.